The molecule has 1 aromatic carbocycles. The number of pyridine rings is 1. The number of hydrogen-bond donors (Lipinski definition) is 3. The summed E-state index contributed by atoms with van der Waals surface area (Å²) >= 11 is 0. The zero-order valence-electron chi connectivity index (χ0n) is 13.4. The molecule has 0 radical (unpaired) electrons. The van der Waals surface area contributed by atoms with Gasteiger partial charge in [0, 0.05) is 24.2 Å². The Balaban J connectivity index is 2.00. The Labute approximate surface area is 139 Å². The van der Waals surface area contributed by atoms with Crippen LogP contribution < -0.4 is 16.4 Å². The van der Waals surface area contributed by atoms with Gasteiger partial charge in [-0.2, -0.15) is 4.98 Å². The number of benzene rings is 1. The average Bonchev–Trinajstić information content (AvgIpc) is 2.61. The van der Waals surface area contributed by atoms with Crippen molar-refractivity contribution in [3.63, 3.8) is 0 Å². The number of fused-ring (bicyclic) bond motifs is 1. The highest BCUT2D eigenvalue weighted by atomic mass is 16.1. The molecule has 3 rings (SSSR count). The van der Waals surface area contributed by atoms with Crippen molar-refractivity contribution in [2.45, 2.75) is 13.0 Å². The number of hydrogen-bond acceptors (Lipinski definition) is 6. The third-order valence-electron chi connectivity index (χ3n) is 3.69. The van der Waals surface area contributed by atoms with Gasteiger partial charge in [0.1, 0.15) is 5.82 Å². The van der Waals surface area contributed by atoms with E-state index in [-0.39, 0.29) is 17.9 Å². The summed E-state index contributed by atoms with van der Waals surface area (Å²) in [7, 11) is 1.59. The van der Waals surface area contributed by atoms with Crippen LogP contribution in [0.1, 0.15) is 29.0 Å². The van der Waals surface area contributed by atoms with Gasteiger partial charge in [-0.3, -0.25) is 9.78 Å². The number of nitrogens with one attached hydrogen (secondary N) is 2. The van der Waals surface area contributed by atoms with Crippen LogP contribution in [0.25, 0.3) is 10.9 Å². The second-order valence-electron chi connectivity index (χ2n) is 5.36. The Kier molecular flexibility index (Phi) is 4.24. The molecule has 7 nitrogen and oxygen atoms in total. The van der Waals surface area contributed by atoms with Crippen molar-refractivity contribution in [3.05, 3.63) is 53.9 Å². The van der Waals surface area contributed by atoms with E-state index < -0.39 is 0 Å². The minimum Gasteiger partial charge on any atom is -0.368 e. The number of rotatable bonds is 4. The lowest BCUT2D eigenvalue weighted by molar-refractivity contribution is 0.0963. The van der Waals surface area contributed by atoms with Gasteiger partial charge in [-0.15, -0.1) is 0 Å². The van der Waals surface area contributed by atoms with Crippen molar-refractivity contribution in [2.75, 3.05) is 18.1 Å². The molecule has 0 saturated heterocycles. The molecule has 24 heavy (non-hydrogen) atoms. The van der Waals surface area contributed by atoms with E-state index in [1.807, 2.05) is 31.2 Å². The maximum Gasteiger partial charge on any atom is 0.251 e. The third-order valence-corrected chi connectivity index (χ3v) is 3.69. The summed E-state index contributed by atoms with van der Waals surface area (Å²) in [4.78, 5) is 24.6. The van der Waals surface area contributed by atoms with E-state index in [4.69, 9.17) is 5.73 Å². The highest BCUT2D eigenvalue weighted by molar-refractivity contribution is 5.99. The number of aromatic nitrogens is 3. The zero-order valence-corrected chi connectivity index (χ0v) is 13.4. The number of amides is 1. The van der Waals surface area contributed by atoms with Crippen LogP contribution >= 0.6 is 0 Å². The predicted octanol–water partition coefficient (Wildman–Crippen LogP) is 2.14. The molecule has 1 amide bonds. The molecule has 0 aliphatic heterocycles. The maximum absolute atomic E-state index is 11.8. The lowest BCUT2D eigenvalue weighted by Gasteiger charge is -2.16. The average molecular weight is 322 g/mol. The van der Waals surface area contributed by atoms with Crippen LogP contribution in [0, 0.1) is 0 Å². The van der Waals surface area contributed by atoms with Gasteiger partial charge in [-0.25, -0.2) is 4.98 Å². The summed E-state index contributed by atoms with van der Waals surface area (Å²) in [5.41, 5.74) is 7.84. The Hall–Kier alpha value is -3.22. The molecule has 0 spiro atoms. The predicted molar refractivity (Wildman–Crippen MR) is 93.6 cm³/mol. The van der Waals surface area contributed by atoms with Gasteiger partial charge in [0.2, 0.25) is 5.95 Å². The molecule has 7 heteroatoms. The molecule has 0 aliphatic carbocycles. The van der Waals surface area contributed by atoms with E-state index in [2.05, 4.69) is 25.6 Å². The molecule has 0 fully saturated rings. The maximum atomic E-state index is 11.8. The summed E-state index contributed by atoms with van der Waals surface area (Å²) < 4.78 is 0. The van der Waals surface area contributed by atoms with Gasteiger partial charge in [0.15, 0.2) is 0 Å². The summed E-state index contributed by atoms with van der Waals surface area (Å²) in [5.74, 6) is 0.580. The minimum absolute atomic E-state index is 0.0534. The van der Waals surface area contributed by atoms with Crippen LogP contribution in [0.15, 0.2) is 42.6 Å². The molecular weight excluding hydrogens is 304 g/mol. The van der Waals surface area contributed by atoms with E-state index in [1.165, 1.54) is 0 Å². The second-order valence-corrected chi connectivity index (χ2v) is 5.36. The largest absolute Gasteiger partial charge is 0.368 e. The lowest BCUT2D eigenvalue weighted by Crippen LogP contribution is -2.17. The van der Waals surface area contributed by atoms with Crippen molar-refractivity contribution in [2.24, 2.45) is 0 Å². The van der Waals surface area contributed by atoms with Crippen molar-refractivity contribution in [1.29, 1.82) is 0 Å². The fraction of sp³-hybridized carbons (Fsp3) is 0.176. The van der Waals surface area contributed by atoms with Gasteiger partial charge < -0.3 is 16.4 Å². The fourth-order valence-corrected chi connectivity index (χ4v) is 2.45. The van der Waals surface area contributed by atoms with E-state index in [0.717, 1.165) is 11.1 Å². The van der Waals surface area contributed by atoms with Crippen LogP contribution in [0.5, 0.6) is 0 Å². The second kappa shape index (κ2) is 6.49. The summed E-state index contributed by atoms with van der Waals surface area (Å²) in [6.07, 6.45) is 1.75. The Morgan fingerprint density at radius 3 is 2.75 bits per heavy atom. The summed E-state index contributed by atoms with van der Waals surface area (Å²) in [6, 6.07) is 10.9. The van der Waals surface area contributed by atoms with Gasteiger partial charge in [0.25, 0.3) is 5.91 Å². The highest BCUT2D eigenvalue weighted by Crippen LogP contribution is 2.25. The molecule has 2 aromatic heterocycles. The van der Waals surface area contributed by atoms with Crippen LogP contribution in [-0.2, 0) is 0 Å². The summed E-state index contributed by atoms with van der Waals surface area (Å²) in [6.45, 7) is 1.99. The minimum atomic E-state index is -0.176. The quantitative estimate of drug-likeness (QED) is 0.679. The monoisotopic (exact) mass is 322 g/mol. The molecule has 0 unspecified atom stereocenters. The SMILES string of the molecule is CNC(=O)c1ccc2c(N[C@H](C)c3ccccn3)nc(N)nc2c1. The molecule has 2 heterocycles. The van der Waals surface area contributed by atoms with Crippen LogP contribution in [0.4, 0.5) is 11.8 Å². The summed E-state index contributed by atoms with van der Waals surface area (Å²) in [5, 5.41) is 6.69. The number of nitrogens with zero attached hydrogens (tertiary/aromatic N) is 3. The van der Waals surface area contributed by atoms with E-state index >= 15 is 0 Å². The number of carbonyl (C=O) groups excluding carboxylic acids is 1. The highest BCUT2D eigenvalue weighted by Gasteiger charge is 2.13. The van der Waals surface area contributed by atoms with E-state index in [1.54, 1.807) is 25.4 Å². The first kappa shape index (κ1) is 15.7. The molecule has 4 N–H and O–H groups in total. The molecule has 0 aliphatic rings. The molecular formula is C17H18N6O. The molecule has 3 aromatic rings. The van der Waals surface area contributed by atoms with E-state index in [0.29, 0.717) is 16.9 Å². The van der Waals surface area contributed by atoms with Crippen molar-refractivity contribution < 1.29 is 4.79 Å². The van der Waals surface area contributed by atoms with Gasteiger partial charge in [-0.1, -0.05) is 6.07 Å². The number of nitrogens with two attached hydrogens (primary N) is 1. The first-order chi connectivity index (χ1) is 11.6. The van der Waals surface area contributed by atoms with Crippen molar-refractivity contribution in [1.82, 2.24) is 20.3 Å². The lowest BCUT2D eigenvalue weighted by atomic mass is 10.1. The first-order valence-electron chi connectivity index (χ1n) is 7.55. The first-order valence-corrected chi connectivity index (χ1v) is 7.55. The fourth-order valence-electron chi connectivity index (χ4n) is 2.45. The van der Waals surface area contributed by atoms with Crippen molar-refractivity contribution in [3.8, 4) is 0 Å². The molecule has 0 bridgehead atoms. The van der Waals surface area contributed by atoms with Crippen LogP contribution in [0.2, 0.25) is 0 Å². The zero-order chi connectivity index (χ0) is 17.1. The number of nitrogen functional groups attached to an aromatic ring is 1. The molecule has 0 saturated carbocycles. The Morgan fingerprint density at radius 2 is 2.04 bits per heavy atom. The van der Waals surface area contributed by atoms with Gasteiger partial charge in [-0.05, 0) is 37.3 Å². The molecule has 122 valence electrons. The Bertz CT molecular complexity index is 881. The molecule has 1 atom stereocenters. The topological polar surface area (TPSA) is 106 Å². The van der Waals surface area contributed by atoms with Crippen molar-refractivity contribution >= 4 is 28.6 Å². The Morgan fingerprint density at radius 1 is 1.21 bits per heavy atom. The van der Waals surface area contributed by atoms with Crippen LogP contribution in [-0.4, -0.2) is 27.9 Å². The van der Waals surface area contributed by atoms with Gasteiger partial charge >= 0.3 is 0 Å². The van der Waals surface area contributed by atoms with E-state index in [9.17, 15) is 4.79 Å². The third kappa shape index (κ3) is 3.10. The van der Waals surface area contributed by atoms with Gasteiger partial charge in [0.05, 0.1) is 17.3 Å². The standard InChI is InChI=1S/C17H18N6O/c1-10(13-5-3-4-8-20-13)21-15-12-7-6-11(16(24)19-2)9-14(12)22-17(18)23-15/h3-10H,1-2H3,(H,19,24)(H3,18,21,22,23)/t10-/m1/s1. The van der Waals surface area contributed by atoms with Crippen LogP contribution in [0.3, 0.4) is 0 Å². The number of anilines is 2. The normalized spacial score (nSPS) is 11.9. The number of carbonyl (C=O) groups is 1. The smallest absolute Gasteiger partial charge is 0.251 e.